The molecule has 0 spiro atoms. The quantitative estimate of drug-likeness (QED) is 0.276. The van der Waals surface area contributed by atoms with Crippen LogP contribution in [0.15, 0.2) is 89.5 Å². The van der Waals surface area contributed by atoms with Gasteiger partial charge in [0, 0.05) is 23.4 Å². The molecule has 8 heteroatoms. The molecule has 2 aromatic heterocycles. The van der Waals surface area contributed by atoms with Gasteiger partial charge in [0.1, 0.15) is 17.6 Å². The minimum atomic E-state index is -0.308. The number of hydrogen-bond acceptors (Lipinski definition) is 4. The molecular weight excluding hydrogens is 492 g/mol. The fraction of sp³-hybridized carbons (Fsp3) is 0.179. The first-order chi connectivity index (χ1) is 17.4. The summed E-state index contributed by atoms with van der Waals surface area (Å²) in [7, 11) is 0. The van der Waals surface area contributed by atoms with Crippen LogP contribution in [0.1, 0.15) is 37.4 Å². The van der Waals surface area contributed by atoms with Gasteiger partial charge in [-0.1, -0.05) is 61.8 Å². The van der Waals surface area contributed by atoms with Crippen LogP contribution in [0.25, 0.3) is 11.3 Å². The Hall–Kier alpha value is -3.68. The smallest absolute Gasteiger partial charge is 0.226 e. The van der Waals surface area contributed by atoms with Crippen LogP contribution in [-0.4, -0.2) is 16.0 Å². The van der Waals surface area contributed by atoms with E-state index in [-0.39, 0.29) is 23.9 Å². The molecule has 36 heavy (non-hydrogen) atoms. The number of anilines is 2. The van der Waals surface area contributed by atoms with Gasteiger partial charge < -0.3 is 20.0 Å². The number of nitrogens with one attached hydrogen (secondary N) is 2. The van der Waals surface area contributed by atoms with Crippen molar-refractivity contribution in [2.45, 2.75) is 25.9 Å². The second kappa shape index (κ2) is 10.1. The van der Waals surface area contributed by atoms with E-state index in [1.165, 1.54) is 0 Å². The number of benzene rings is 2. The van der Waals surface area contributed by atoms with Crippen LogP contribution in [0.2, 0.25) is 5.02 Å². The highest BCUT2D eigenvalue weighted by molar-refractivity contribution is 7.80. The van der Waals surface area contributed by atoms with Crippen molar-refractivity contribution in [2.24, 2.45) is 5.92 Å². The molecule has 182 valence electrons. The lowest BCUT2D eigenvalue weighted by Crippen LogP contribution is -2.29. The number of thiocarbonyl (C=S) groups is 1. The summed E-state index contributed by atoms with van der Waals surface area (Å²) >= 11 is 12.4. The number of amides is 1. The van der Waals surface area contributed by atoms with Crippen LogP contribution in [0.5, 0.6) is 0 Å². The van der Waals surface area contributed by atoms with E-state index in [2.05, 4.69) is 15.6 Å². The highest BCUT2D eigenvalue weighted by Gasteiger charge is 2.42. The summed E-state index contributed by atoms with van der Waals surface area (Å²) in [6, 6.07) is 24.7. The Morgan fingerprint density at radius 3 is 2.56 bits per heavy atom. The molecule has 3 heterocycles. The number of aromatic nitrogens is 1. The number of halogens is 1. The minimum Gasteiger partial charge on any atom is -0.459 e. The predicted molar refractivity (Wildman–Crippen MR) is 147 cm³/mol. The zero-order chi connectivity index (χ0) is 25.2. The van der Waals surface area contributed by atoms with Gasteiger partial charge in [-0.2, -0.15) is 0 Å². The molecule has 4 aromatic rings. The molecule has 2 atom stereocenters. The summed E-state index contributed by atoms with van der Waals surface area (Å²) in [5.74, 6) is 1.26. The third-order valence-corrected chi connectivity index (χ3v) is 6.72. The number of rotatable bonds is 6. The number of nitrogens with zero attached hydrogens (tertiary/aromatic N) is 2. The lowest BCUT2D eigenvalue weighted by atomic mass is 10.0. The number of furan rings is 1. The molecular formula is C28H25ClN4O2S. The van der Waals surface area contributed by atoms with Crippen LogP contribution in [-0.2, 0) is 4.79 Å². The number of hydrogen-bond donors (Lipinski definition) is 2. The van der Waals surface area contributed by atoms with Crippen LogP contribution < -0.4 is 15.5 Å². The van der Waals surface area contributed by atoms with Crippen LogP contribution in [0.4, 0.5) is 11.4 Å². The second-order valence-electron chi connectivity index (χ2n) is 8.87. The highest BCUT2D eigenvalue weighted by atomic mass is 35.5. The molecule has 1 aliphatic rings. The van der Waals surface area contributed by atoms with E-state index in [4.69, 9.17) is 28.2 Å². The van der Waals surface area contributed by atoms with Gasteiger partial charge in [0.05, 0.1) is 22.4 Å². The Balaban J connectivity index is 1.54. The lowest BCUT2D eigenvalue weighted by molar-refractivity contribution is -0.118. The van der Waals surface area contributed by atoms with Gasteiger partial charge >= 0.3 is 0 Å². The van der Waals surface area contributed by atoms with Gasteiger partial charge in [0.25, 0.3) is 0 Å². The third-order valence-electron chi connectivity index (χ3n) is 6.09. The average Bonchev–Trinajstić information content (AvgIpc) is 3.51. The highest BCUT2D eigenvalue weighted by Crippen LogP contribution is 2.44. The maximum atomic E-state index is 12.2. The SMILES string of the molecule is CC(C)C(=O)Nc1ccc(N2C(=S)NC(c3ccccn3)C2c2ccc(-c3ccccc3)o2)cc1Cl. The van der Waals surface area contributed by atoms with Crippen molar-refractivity contribution in [2.75, 3.05) is 10.2 Å². The van der Waals surface area contributed by atoms with Crippen molar-refractivity contribution in [1.82, 2.24) is 10.3 Å². The number of carbonyl (C=O) groups is 1. The number of pyridine rings is 1. The molecule has 1 amide bonds. The van der Waals surface area contributed by atoms with Crippen LogP contribution in [0.3, 0.4) is 0 Å². The van der Waals surface area contributed by atoms with Crippen molar-refractivity contribution in [3.63, 3.8) is 0 Å². The molecule has 1 aliphatic heterocycles. The largest absolute Gasteiger partial charge is 0.459 e. The summed E-state index contributed by atoms with van der Waals surface area (Å²) < 4.78 is 6.38. The maximum absolute atomic E-state index is 12.2. The molecule has 2 unspecified atom stereocenters. The van der Waals surface area contributed by atoms with Crippen molar-refractivity contribution in [3.8, 4) is 11.3 Å². The summed E-state index contributed by atoms with van der Waals surface area (Å²) in [5.41, 5.74) is 3.17. The van der Waals surface area contributed by atoms with Crippen molar-refractivity contribution >= 4 is 46.2 Å². The first-order valence-electron chi connectivity index (χ1n) is 11.7. The minimum absolute atomic E-state index is 0.0971. The molecule has 1 saturated heterocycles. The van der Waals surface area contributed by atoms with E-state index in [1.54, 1.807) is 18.3 Å². The van der Waals surface area contributed by atoms with E-state index >= 15 is 0 Å². The normalized spacial score (nSPS) is 17.3. The molecule has 0 saturated carbocycles. The zero-order valence-electron chi connectivity index (χ0n) is 19.8. The summed E-state index contributed by atoms with van der Waals surface area (Å²) in [6.07, 6.45) is 1.76. The molecule has 2 N–H and O–H groups in total. The molecule has 1 fully saturated rings. The van der Waals surface area contributed by atoms with Crippen LogP contribution in [0, 0.1) is 5.92 Å². The van der Waals surface area contributed by atoms with Gasteiger partial charge in [-0.25, -0.2) is 0 Å². The van der Waals surface area contributed by atoms with Crippen molar-refractivity contribution in [3.05, 3.63) is 102 Å². The van der Waals surface area contributed by atoms with E-state index < -0.39 is 0 Å². The topological polar surface area (TPSA) is 70.4 Å². The molecule has 5 rings (SSSR count). The molecule has 0 bridgehead atoms. The Kier molecular flexibility index (Phi) is 6.76. The van der Waals surface area contributed by atoms with Gasteiger partial charge in [-0.3, -0.25) is 9.78 Å². The summed E-state index contributed by atoms with van der Waals surface area (Å²) in [6.45, 7) is 3.67. The van der Waals surface area contributed by atoms with E-state index in [9.17, 15) is 4.79 Å². The fourth-order valence-corrected chi connectivity index (χ4v) is 4.79. The van der Waals surface area contributed by atoms with E-state index in [1.807, 2.05) is 85.5 Å². The van der Waals surface area contributed by atoms with Gasteiger partial charge in [-0.15, -0.1) is 0 Å². The van der Waals surface area contributed by atoms with E-state index in [0.717, 1.165) is 28.5 Å². The fourth-order valence-electron chi connectivity index (χ4n) is 4.22. The Bertz CT molecular complexity index is 1390. The first-order valence-corrected chi connectivity index (χ1v) is 12.5. The van der Waals surface area contributed by atoms with Crippen molar-refractivity contribution in [1.29, 1.82) is 0 Å². The second-order valence-corrected chi connectivity index (χ2v) is 9.67. The zero-order valence-corrected chi connectivity index (χ0v) is 21.4. The van der Waals surface area contributed by atoms with Gasteiger partial charge in [-0.05, 0) is 54.7 Å². The Morgan fingerprint density at radius 1 is 1.08 bits per heavy atom. The van der Waals surface area contributed by atoms with Crippen LogP contribution >= 0.6 is 23.8 Å². The first kappa shape index (κ1) is 24.0. The Morgan fingerprint density at radius 2 is 1.86 bits per heavy atom. The third kappa shape index (κ3) is 4.72. The standard InChI is InChI=1S/C28H25ClN4O2S/c1-17(2)27(34)31-21-12-11-19(16-20(21)29)33-26(25(32-28(33)36)22-10-6-7-15-30-22)24-14-13-23(35-24)18-8-4-3-5-9-18/h3-17,25-26H,1-2H3,(H,31,34)(H,32,36). The molecule has 2 aromatic carbocycles. The maximum Gasteiger partial charge on any atom is 0.226 e. The molecule has 0 radical (unpaired) electrons. The predicted octanol–water partition coefficient (Wildman–Crippen LogP) is 6.77. The monoisotopic (exact) mass is 516 g/mol. The average molecular weight is 517 g/mol. The van der Waals surface area contributed by atoms with Gasteiger partial charge in [0.2, 0.25) is 5.91 Å². The number of carbonyl (C=O) groups excluding carboxylic acids is 1. The summed E-state index contributed by atoms with van der Waals surface area (Å²) in [4.78, 5) is 18.8. The van der Waals surface area contributed by atoms with Crippen molar-refractivity contribution < 1.29 is 9.21 Å². The summed E-state index contributed by atoms with van der Waals surface area (Å²) in [5, 5.41) is 7.25. The molecule has 0 aliphatic carbocycles. The Labute approximate surface area is 220 Å². The molecule has 6 nitrogen and oxygen atoms in total. The lowest BCUT2D eigenvalue weighted by Gasteiger charge is -2.26. The van der Waals surface area contributed by atoms with E-state index in [0.29, 0.717) is 15.8 Å². The van der Waals surface area contributed by atoms with Gasteiger partial charge in [0.15, 0.2) is 5.11 Å².